The third-order valence-electron chi connectivity index (χ3n) is 4.66. The van der Waals surface area contributed by atoms with Gasteiger partial charge in [0.05, 0.1) is 16.9 Å². The van der Waals surface area contributed by atoms with Gasteiger partial charge in [-0.15, -0.1) is 0 Å². The molecule has 0 bridgehead atoms. The van der Waals surface area contributed by atoms with E-state index in [2.05, 4.69) is 20.6 Å². The Morgan fingerprint density at radius 3 is 2.38 bits per heavy atom. The zero-order chi connectivity index (χ0) is 24.1. The minimum absolute atomic E-state index is 0.335. The summed E-state index contributed by atoms with van der Waals surface area (Å²) in [6, 6.07) is 1.54. The van der Waals surface area contributed by atoms with Gasteiger partial charge in [-0.1, -0.05) is 0 Å². The molecule has 0 spiro atoms. The average molecular weight is 478 g/mol. The number of hydrogen-bond donors (Lipinski definition) is 3. The van der Waals surface area contributed by atoms with E-state index in [0.717, 1.165) is 13.1 Å². The van der Waals surface area contributed by atoms with E-state index in [-0.39, 0.29) is 5.69 Å². The van der Waals surface area contributed by atoms with E-state index in [9.17, 15) is 35.2 Å². The molecule has 15 heteroatoms. The van der Waals surface area contributed by atoms with Crippen LogP contribution < -0.4 is 10.6 Å². The number of guanidine groups is 1. The molecule has 0 saturated carbocycles. The van der Waals surface area contributed by atoms with E-state index in [4.69, 9.17) is 5.41 Å². The Bertz CT molecular complexity index is 1200. The van der Waals surface area contributed by atoms with E-state index >= 15 is 0 Å². The van der Waals surface area contributed by atoms with Crippen molar-refractivity contribution in [3.05, 3.63) is 53.1 Å². The van der Waals surface area contributed by atoms with Crippen molar-refractivity contribution in [1.82, 2.24) is 19.6 Å². The molecule has 2 heterocycles. The van der Waals surface area contributed by atoms with Crippen LogP contribution in [-0.2, 0) is 21.7 Å². The van der Waals surface area contributed by atoms with Crippen molar-refractivity contribution < 1.29 is 35.2 Å². The minimum atomic E-state index is -4.71. The molecule has 1 aliphatic rings. The highest BCUT2D eigenvalue weighted by Crippen LogP contribution is 2.33. The molecule has 3 N–H and O–H groups in total. The smallest absolute Gasteiger partial charge is 0.345 e. The standard InChI is InChI=1S/C17H15F5N6O3S/c1-16(7-32(30,31)28(2)15(23)27-16)10-3-9(4-11(18)12(10)19)26-14(29)13-24-5-8(6-25-13)17(20,21)22/h3-6H,7H2,1-2H3,(H2,23,27)(H,26,29)/t16-/m0/s1. The normalized spacial score (nSPS) is 20.6. The van der Waals surface area contributed by atoms with Crippen LogP contribution in [0.4, 0.5) is 27.6 Å². The van der Waals surface area contributed by atoms with E-state index in [1.54, 1.807) is 0 Å². The fourth-order valence-corrected chi connectivity index (χ4v) is 4.44. The first-order chi connectivity index (χ1) is 14.6. The predicted octanol–water partition coefficient (Wildman–Crippen LogP) is 2.04. The molecule has 1 aromatic carbocycles. The van der Waals surface area contributed by atoms with Crippen LogP contribution >= 0.6 is 0 Å². The van der Waals surface area contributed by atoms with Gasteiger partial charge in [0.2, 0.25) is 21.8 Å². The number of carbonyl (C=O) groups excluding carboxylic acids is 1. The van der Waals surface area contributed by atoms with Crippen LogP contribution in [-0.4, -0.2) is 47.4 Å². The largest absolute Gasteiger partial charge is 0.419 e. The molecule has 32 heavy (non-hydrogen) atoms. The van der Waals surface area contributed by atoms with E-state index in [1.165, 1.54) is 6.92 Å². The molecular formula is C17H15F5N6O3S. The summed E-state index contributed by atoms with van der Waals surface area (Å²) in [7, 11) is -2.92. The van der Waals surface area contributed by atoms with Crippen molar-refractivity contribution in [3.8, 4) is 0 Å². The molecular weight excluding hydrogens is 463 g/mol. The van der Waals surface area contributed by atoms with Gasteiger partial charge in [0.25, 0.3) is 5.91 Å². The Hall–Kier alpha value is -3.36. The van der Waals surface area contributed by atoms with Crippen LogP contribution in [0.3, 0.4) is 0 Å². The van der Waals surface area contributed by atoms with E-state index < -0.39 is 67.9 Å². The predicted molar refractivity (Wildman–Crippen MR) is 101 cm³/mol. The zero-order valence-electron chi connectivity index (χ0n) is 16.4. The SMILES string of the molecule is CN1C(=N)N[C@](C)(c2cc(NC(=O)c3ncc(C(F)(F)F)cn3)cc(F)c2F)CS1(=O)=O. The molecule has 0 aliphatic carbocycles. The maximum Gasteiger partial charge on any atom is 0.419 e. The first-order valence-corrected chi connectivity index (χ1v) is 10.3. The summed E-state index contributed by atoms with van der Waals surface area (Å²) in [6.45, 7) is 1.23. The van der Waals surface area contributed by atoms with Crippen LogP contribution in [0.1, 0.15) is 28.7 Å². The third kappa shape index (κ3) is 4.32. The number of aromatic nitrogens is 2. The lowest BCUT2D eigenvalue weighted by Gasteiger charge is -2.40. The Morgan fingerprint density at radius 1 is 1.25 bits per heavy atom. The van der Waals surface area contributed by atoms with E-state index in [1.807, 2.05) is 0 Å². The van der Waals surface area contributed by atoms with Crippen LogP contribution in [0, 0.1) is 17.0 Å². The number of nitrogens with zero attached hydrogens (tertiary/aromatic N) is 3. The zero-order valence-corrected chi connectivity index (χ0v) is 17.2. The Morgan fingerprint density at radius 2 is 1.84 bits per heavy atom. The first kappa shape index (κ1) is 23.3. The number of benzene rings is 1. The van der Waals surface area contributed by atoms with Crippen LogP contribution in [0.25, 0.3) is 0 Å². The lowest BCUT2D eigenvalue weighted by Crippen LogP contribution is -2.61. The molecule has 1 atom stereocenters. The summed E-state index contributed by atoms with van der Waals surface area (Å²) in [6.07, 6.45) is -3.94. The molecule has 1 fully saturated rings. The van der Waals surface area contributed by atoms with Crippen molar-refractivity contribution in [2.24, 2.45) is 0 Å². The first-order valence-electron chi connectivity index (χ1n) is 8.67. The van der Waals surface area contributed by atoms with Crippen molar-refractivity contribution >= 4 is 27.6 Å². The lowest BCUT2D eigenvalue weighted by atomic mass is 9.92. The molecule has 1 aromatic heterocycles. The highest BCUT2D eigenvalue weighted by atomic mass is 32.2. The second kappa shape index (κ2) is 7.65. The molecule has 1 amide bonds. The molecule has 3 rings (SSSR count). The third-order valence-corrected chi connectivity index (χ3v) is 6.62. The fraction of sp³-hybridized carbons (Fsp3) is 0.294. The van der Waals surface area contributed by atoms with Gasteiger partial charge in [-0.05, 0) is 13.0 Å². The Kier molecular flexibility index (Phi) is 5.57. The Balaban J connectivity index is 1.94. The minimum Gasteiger partial charge on any atom is -0.345 e. The fourth-order valence-electron chi connectivity index (χ4n) is 2.96. The molecule has 1 aliphatic heterocycles. The number of amides is 1. The van der Waals surface area contributed by atoms with Crippen molar-refractivity contribution in [3.63, 3.8) is 0 Å². The van der Waals surface area contributed by atoms with Crippen LogP contribution in [0.5, 0.6) is 0 Å². The number of alkyl halides is 3. The van der Waals surface area contributed by atoms with Gasteiger partial charge in [0, 0.05) is 36.8 Å². The van der Waals surface area contributed by atoms with Gasteiger partial charge in [0.1, 0.15) is 0 Å². The number of anilines is 1. The number of hydrogen-bond acceptors (Lipinski definition) is 6. The molecule has 2 aromatic rings. The summed E-state index contributed by atoms with van der Waals surface area (Å²) in [5, 5.41) is 12.4. The maximum absolute atomic E-state index is 14.6. The van der Waals surface area contributed by atoms with Gasteiger partial charge in [-0.25, -0.2) is 31.5 Å². The Labute approximate surface area is 178 Å². The molecule has 172 valence electrons. The molecule has 1 saturated heterocycles. The van der Waals surface area contributed by atoms with Crippen LogP contribution in [0.15, 0.2) is 24.5 Å². The quantitative estimate of drug-likeness (QED) is 0.580. The summed E-state index contributed by atoms with van der Waals surface area (Å²) in [5.41, 5.74) is -3.78. The number of carbonyl (C=O) groups is 1. The van der Waals surface area contributed by atoms with E-state index in [0.29, 0.717) is 22.8 Å². The molecule has 0 unspecified atom stereocenters. The van der Waals surface area contributed by atoms with Gasteiger partial charge in [-0.2, -0.15) is 13.2 Å². The van der Waals surface area contributed by atoms with Gasteiger partial charge in [0.15, 0.2) is 11.6 Å². The van der Waals surface area contributed by atoms with Crippen molar-refractivity contribution in [1.29, 1.82) is 5.41 Å². The van der Waals surface area contributed by atoms with Gasteiger partial charge >= 0.3 is 6.18 Å². The number of sulfonamides is 1. The highest BCUT2D eigenvalue weighted by molar-refractivity contribution is 7.89. The lowest BCUT2D eigenvalue weighted by molar-refractivity contribution is -0.138. The monoisotopic (exact) mass is 478 g/mol. The number of rotatable bonds is 3. The second-order valence-electron chi connectivity index (χ2n) is 7.10. The van der Waals surface area contributed by atoms with Gasteiger partial charge in [-0.3, -0.25) is 10.2 Å². The van der Waals surface area contributed by atoms with Gasteiger partial charge < -0.3 is 10.6 Å². The number of nitrogens with one attached hydrogen (secondary N) is 3. The summed E-state index contributed by atoms with van der Waals surface area (Å²) < 4.78 is 91.8. The summed E-state index contributed by atoms with van der Waals surface area (Å²) >= 11 is 0. The molecule has 9 nitrogen and oxygen atoms in total. The maximum atomic E-state index is 14.6. The summed E-state index contributed by atoms with van der Waals surface area (Å²) in [5.74, 6) is -5.93. The van der Waals surface area contributed by atoms with Crippen molar-refractivity contribution in [2.75, 3.05) is 18.1 Å². The second-order valence-corrected chi connectivity index (χ2v) is 9.10. The number of halogens is 5. The molecule has 0 radical (unpaired) electrons. The van der Waals surface area contributed by atoms with Crippen LogP contribution in [0.2, 0.25) is 0 Å². The van der Waals surface area contributed by atoms with Crippen molar-refractivity contribution in [2.45, 2.75) is 18.6 Å². The topological polar surface area (TPSA) is 128 Å². The average Bonchev–Trinajstić information content (AvgIpc) is 2.67. The summed E-state index contributed by atoms with van der Waals surface area (Å²) in [4.78, 5) is 18.9. The highest BCUT2D eigenvalue weighted by Gasteiger charge is 2.44.